The number of hydrogen-bond acceptors (Lipinski definition) is 5. The summed E-state index contributed by atoms with van der Waals surface area (Å²) in [5.41, 5.74) is 0.868. The number of aliphatic hydroxyl groups is 1. The molecule has 0 saturated carbocycles. The molecule has 1 aliphatic heterocycles. The number of hydrogen-bond donors (Lipinski definition) is 2. The second kappa shape index (κ2) is 7.25. The van der Waals surface area contributed by atoms with E-state index < -0.39 is 0 Å². The molecule has 1 aromatic carbocycles. The molecule has 0 amide bonds. The minimum absolute atomic E-state index is 0.231. The van der Waals surface area contributed by atoms with Gasteiger partial charge in [0.05, 0.1) is 13.2 Å². The van der Waals surface area contributed by atoms with Gasteiger partial charge in [-0.2, -0.15) is 4.68 Å². The standard InChI is InChI=1S/C16H21N3O3S/c1-2-21-14-7-5-12(6-8-14)15-17-19(16(23)22-15)11-18-9-3-4-13(20)10-18/h5-8,13,20H,2-4,9-11H2,1H3/p+1/t13-/m0/s1. The lowest BCUT2D eigenvalue weighted by Crippen LogP contribution is -3.13. The van der Waals surface area contributed by atoms with E-state index >= 15 is 0 Å². The Kier molecular flexibility index (Phi) is 5.09. The third kappa shape index (κ3) is 3.99. The Hall–Kier alpha value is -1.70. The number of likely N-dealkylation sites (tertiary alicyclic amines) is 1. The molecule has 0 spiro atoms. The third-order valence-corrected chi connectivity index (χ3v) is 4.28. The van der Waals surface area contributed by atoms with Crippen LogP contribution in [0.4, 0.5) is 0 Å². The minimum Gasteiger partial charge on any atom is -0.494 e. The number of quaternary nitrogens is 1. The van der Waals surface area contributed by atoms with Gasteiger partial charge in [-0.05, 0) is 56.2 Å². The van der Waals surface area contributed by atoms with Crippen LogP contribution in [0.1, 0.15) is 19.8 Å². The predicted octanol–water partition coefficient (Wildman–Crippen LogP) is 1.27. The molecule has 0 aliphatic carbocycles. The van der Waals surface area contributed by atoms with E-state index in [1.165, 1.54) is 4.90 Å². The van der Waals surface area contributed by atoms with E-state index in [-0.39, 0.29) is 6.10 Å². The average Bonchev–Trinajstić information content (AvgIpc) is 2.89. The van der Waals surface area contributed by atoms with Crippen molar-refractivity contribution in [3.05, 3.63) is 29.1 Å². The van der Waals surface area contributed by atoms with E-state index in [2.05, 4.69) is 5.10 Å². The molecule has 0 bridgehead atoms. The molecule has 2 atom stereocenters. The molecule has 1 unspecified atom stereocenters. The smallest absolute Gasteiger partial charge is 0.292 e. The first-order valence-corrected chi connectivity index (χ1v) is 8.39. The normalized spacial score (nSPS) is 21.3. The summed E-state index contributed by atoms with van der Waals surface area (Å²) in [6.45, 7) is 4.96. The predicted molar refractivity (Wildman–Crippen MR) is 87.9 cm³/mol. The molecule has 0 radical (unpaired) electrons. The maximum absolute atomic E-state index is 9.77. The van der Waals surface area contributed by atoms with Crippen molar-refractivity contribution in [2.45, 2.75) is 32.5 Å². The molecule has 7 heteroatoms. The van der Waals surface area contributed by atoms with Crippen LogP contribution in [0.2, 0.25) is 0 Å². The molecule has 1 saturated heterocycles. The molecule has 1 aromatic heterocycles. The van der Waals surface area contributed by atoms with Crippen LogP contribution in [0.5, 0.6) is 5.75 Å². The fourth-order valence-corrected chi connectivity index (χ4v) is 3.05. The van der Waals surface area contributed by atoms with Crippen LogP contribution in [-0.4, -0.2) is 40.7 Å². The molecule has 1 fully saturated rings. The molecular formula is C16H22N3O3S+. The second-order valence-electron chi connectivity index (χ2n) is 5.79. The Morgan fingerprint density at radius 1 is 1.43 bits per heavy atom. The first kappa shape index (κ1) is 16.2. The quantitative estimate of drug-likeness (QED) is 0.805. The molecule has 23 heavy (non-hydrogen) atoms. The van der Waals surface area contributed by atoms with Crippen molar-refractivity contribution in [3.8, 4) is 17.2 Å². The van der Waals surface area contributed by atoms with Crippen molar-refractivity contribution in [1.29, 1.82) is 0 Å². The van der Waals surface area contributed by atoms with E-state index in [0.29, 0.717) is 24.0 Å². The summed E-state index contributed by atoms with van der Waals surface area (Å²) in [6, 6.07) is 7.60. The van der Waals surface area contributed by atoms with E-state index in [1.54, 1.807) is 4.68 Å². The van der Waals surface area contributed by atoms with Crippen LogP contribution < -0.4 is 9.64 Å². The van der Waals surface area contributed by atoms with Crippen LogP contribution >= 0.6 is 12.2 Å². The number of rotatable bonds is 5. The molecule has 3 rings (SSSR count). The lowest BCUT2D eigenvalue weighted by atomic mass is 10.1. The Morgan fingerprint density at radius 3 is 2.91 bits per heavy atom. The van der Waals surface area contributed by atoms with Gasteiger partial charge in [0.1, 0.15) is 18.4 Å². The molecule has 2 heterocycles. The summed E-state index contributed by atoms with van der Waals surface area (Å²) >= 11 is 5.27. The fourth-order valence-electron chi connectivity index (χ4n) is 2.86. The van der Waals surface area contributed by atoms with Gasteiger partial charge in [-0.15, -0.1) is 5.10 Å². The van der Waals surface area contributed by atoms with E-state index in [4.69, 9.17) is 21.4 Å². The zero-order chi connectivity index (χ0) is 16.2. The first-order chi connectivity index (χ1) is 11.2. The van der Waals surface area contributed by atoms with Crippen LogP contribution in [0.25, 0.3) is 11.5 Å². The summed E-state index contributed by atoms with van der Waals surface area (Å²) < 4.78 is 12.8. The monoisotopic (exact) mass is 336 g/mol. The highest BCUT2D eigenvalue weighted by Crippen LogP contribution is 2.21. The van der Waals surface area contributed by atoms with Crippen LogP contribution in [0.3, 0.4) is 0 Å². The summed E-state index contributed by atoms with van der Waals surface area (Å²) in [5, 5.41) is 14.2. The number of nitrogens with zero attached hydrogens (tertiary/aromatic N) is 2. The third-order valence-electron chi connectivity index (χ3n) is 3.98. The number of aliphatic hydroxyl groups excluding tert-OH is 1. The van der Waals surface area contributed by atoms with Gasteiger partial charge in [0, 0.05) is 5.56 Å². The van der Waals surface area contributed by atoms with Gasteiger partial charge in [0.15, 0.2) is 6.67 Å². The van der Waals surface area contributed by atoms with E-state index in [9.17, 15) is 5.11 Å². The number of nitrogens with one attached hydrogen (secondary N) is 1. The zero-order valence-electron chi connectivity index (χ0n) is 13.2. The molecule has 2 N–H and O–H groups in total. The van der Waals surface area contributed by atoms with Crippen molar-refractivity contribution < 1.29 is 19.2 Å². The molecule has 6 nitrogen and oxygen atoms in total. The second-order valence-corrected chi connectivity index (χ2v) is 6.14. The van der Waals surface area contributed by atoms with Crippen molar-refractivity contribution in [1.82, 2.24) is 9.78 Å². The van der Waals surface area contributed by atoms with Crippen LogP contribution in [-0.2, 0) is 6.67 Å². The van der Waals surface area contributed by atoms with Crippen molar-refractivity contribution in [3.63, 3.8) is 0 Å². The highest BCUT2D eigenvalue weighted by molar-refractivity contribution is 7.71. The van der Waals surface area contributed by atoms with Crippen molar-refractivity contribution >= 4 is 12.2 Å². The maximum Gasteiger partial charge on any atom is 0.292 e. The molecule has 2 aromatic rings. The van der Waals surface area contributed by atoms with Gasteiger partial charge in [-0.25, -0.2) is 0 Å². The van der Waals surface area contributed by atoms with Crippen LogP contribution in [0, 0.1) is 4.84 Å². The lowest BCUT2D eigenvalue weighted by Gasteiger charge is -2.26. The van der Waals surface area contributed by atoms with Gasteiger partial charge < -0.3 is 19.2 Å². The topological polar surface area (TPSA) is 64.9 Å². The van der Waals surface area contributed by atoms with Crippen molar-refractivity contribution in [2.24, 2.45) is 0 Å². The van der Waals surface area contributed by atoms with Gasteiger partial charge in [-0.1, -0.05) is 0 Å². The Bertz CT molecular complexity index is 695. The largest absolute Gasteiger partial charge is 0.494 e. The van der Waals surface area contributed by atoms with Crippen LogP contribution in [0.15, 0.2) is 28.7 Å². The summed E-state index contributed by atoms with van der Waals surface area (Å²) in [6.07, 6.45) is 1.67. The Morgan fingerprint density at radius 2 is 2.22 bits per heavy atom. The van der Waals surface area contributed by atoms with Crippen molar-refractivity contribution in [2.75, 3.05) is 19.7 Å². The van der Waals surface area contributed by atoms with Gasteiger partial charge in [-0.3, -0.25) is 0 Å². The molecule has 1 aliphatic rings. The SMILES string of the molecule is CCOc1ccc(-c2nn(C[NH+]3CCC[C@H](O)C3)c(=S)o2)cc1. The van der Waals surface area contributed by atoms with Gasteiger partial charge >= 0.3 is 0 Å². The number of piperidine rings is 1. The van der Waals surface area contributed by atoms with Gasteiger partial charge in [0.25, 0.3) is 4.84 Å². The zero-order valence-corrected chi connectivity index (χ0v) is 14.0. The first-order valence-electron chi connectivity index (χ1n) is 7.98. The Labute approximate surface area is 140 Å². The molecular weight excluding hydrogens is 314 g/mol. The minimum atomic E-state index is -0.231. The Balaban J connectivity index is 1.73. The fraction of sp³-hybridized carbons (Fsp3) is 0.500. The summed E-state index contributed by atoms with van der Waals surface area (Å²) in [7, 11) is 0. The summed E-state index contributed by atoms with van der Waals surface area (Å²) in [5.74, 6) is 1.33. The van der Waals surface area contributed by atoms with Gasteiger partial charge in [0.2, 0.25) is 5.89 Å². The average molecular weight is 336 g/mol. The number of aromatic nitrogens is 2. The highest BCUT2D eigenvalue weighted by Gasteiger charge is 2.22. The summed E-state index contributed by atoms with van der Waals surface area (Å²) in [4.78, 5) is 1.63. The lowest BCUT2D eigenvalue weighted by molar-refractivity contribution is -0.931. The number of benzene rings is 1. The maximum atomic E-state index is 9.77. The van der Waals surface area contributed by atoms with E-state index in [0.717, 1.165) is 37.2 Å². The highest BCUT2D eigenvalue weighted by atomic mass is 32.1. The van der Waals surface area contributed by atoms with E-state index in [1.807, 2.05) is 31.2 Å². The molecule has 124 valence electrons. The number of ether oxygens (including phenoxy) is 1.